The van der Waals surface area contributed by atoms with E-state index in [-0.39, 0.29) is 12.4 Å². The topological polar surface area (TPSA) is 35.5 Å². The Morgan fingerprint density at radius 3 is 2.63 bits per heavy atom. The van der Waals surface area contributed by atoms with E-state index in [0.717, 1.165) is 18.5 Å². The van der Waals surface area contributed by atoms with E-state index >= 15 is 0 Å². The predicted octanol–water partition coefficient (Wildman–Crippen LogP) is 2.53. The highest BCUT2D eigenvalue weighted by molar-refractivity contribution is 5.56. The number of likely N-dealkylation sites (N-methyl/N-ethyl adjacent to an activating group) is 1. The van der Waals surface area contributed by atoms with Gasteiger partial charge in [-0.25, -0.2) is 4.39 Å². The van der Waals surface area contributed by atoms with Crippen molar-refractivity contribution in [3.05, 3.63) is 29.6 Å². The van der Waals surface area contributed by atoms with Gasteiger partial charge in [-0.05, 0) is 38.4 Å². The number of hydrogen-bond donors (Lipinski definition) is 2. The van der Waals surface area contributed by atoms with Gasteiger partial charge in [0.2, 0.25) is 0 Å². The van der Waals surface area contributed by atoms with Crippen LogP contribution in [0.5, 0.6) is 0 Å². The Morgan fingerprint density at radius 2 is 2.05 bits per heavy atom. The van der Waals surface area contributed by atoms with Crippen molar-refractivity contribution in [1.29, 1.82) is 0 Å². The number of nitrogens with zero attached hydrogens (tertiary/aromatic N) is 1. The van der Waals surface area contributed by atoms with E-state index in [0.29, 0.717) is 12.2 Å². The Hall–Kier alpha value is -1.13. The number of para-hydroxylation sites is 1. The molecule has 0 aliphatic rings. The summed E-state index contributed by atoms with van der Waals surface area (Å²) in [5, 5.41) is 12.7. The molecule has 2 N–H and O–H groups in total. The molecule has 19 heavy (non-hydrogen) atoms. The Labute approximate surface area is 115 Å². The van der Waals surface area contributed by atoms with Gasteiger partial charge in [-0.3, -0.25) is 0 Å². The van der Waals surface area contributed by atoms with Crippen molar-refractivity contribution >= 4 is 5.69 Å². The third kappa shape index (κ3) is 3.91. The van der Waals surface area contributed by atoms with Crippen LogP contribution in [0.4, 0.5) is 10.1 Å². The van der Waals surface area contributed by atoms with Crippen LogP contribution in [-0.4, -0.2) is 30.8 Å². The molecule has 0 saturated carbocycles. The number of benzene rings is 1. The number of hydrogen-bond acceptors (Lipinski definition) is 3. The van der Waals surface area contributed by atoms with Crippen molar-refractivity contribution < 1.29 is 9.50 Å². The summed E-state index contributed by atoms with van der Waals surface area (Å²) in [5.41, 5.74) is 0.976. The highest BCUT2D eigenvalue weighted by Crippen LogP contribution is 2.28. The maximum Gasteiger partial charge on any atom is 0.146 e. The summed E-state index contributed by atoms with van der Waals surface area (Å²) < 4.78 is 14.1. The van der Waals surface area contributed by atoms with Crippen molar-refractivity contribution in [2.24, 2.45) is 0 Å². The molecular weight excluding hydrogens is 243 g/mol. The summed E-state index contributed by atoms with van der Waals surface area (Å²) >= 11 is 0. The Kier molecular flexibility index (Phi) is 5.76. The molecule has 1 aromatic rings. The Bertz CT molecular complexity index is 407. The van der Waals surface area contributed by atoms with E-state index in [1.807, 2.05) is 31.9 Å². The zero-order valence-corrected chi connectivity index (χ0v) is 12.3. The zero-order valence-electron chi connectivity index (χ0n) is 12.3. The summed E-state index contributed by atoms with van der Waals surface area (Å²) in [4.78, 5) is 1.81. The van der Waals surface area contributed by atoms with Crippen LogP contribution in [0.15, 0.2) is 18.2 Å². The molecule has 0 radical (unpaired) electrons. The molecule has 0 heterocycles. The van der Waals surface area contributed by atoms with Gasteiger partial charge in [0.05, 0.1) is 17.8 Å². The fourth-order valence-electron chi connectivity index (χ4n) is 1.89. The first kappa shape index (κ1) is 15.9. The first-order valence-electron chi connectivity index (χ1n) is 6.76. The van der Waals surface area contributed by atoms with Crippen molar-refractivity contribution in [2.45, 2.75) is 39.3 Å². The maximum atomic E-state index is 14.1. The van der Waals surface area contributed by atoms with E-state index in [1.165, 1.54) is 6.07 Å². The molecular formula is C15H25FN2O. The minimum atomic E-state index is -0.498. The minimum absolute atomic E-state index is 0.0281. The largest absolute Gasteiger partial charge is 0.394 e. The first-order chi connectivity index (χ1) is 8.94. The SMILES string of the molecule is CCCNCc1cccc(F)c1N(C)C(C)(C)CO. The summed E-state index contributed by atoms with van der Waals surface area (Å²) in [6, 6.07) is 5.11. The average Bonchev–Trinajstić information content (AvgIpc) is 2.38. The van der Waals surface area contributed by atoms with E-state index < -0.39 is 5.54 Å². The van der Waals surface area contributed by atoms with E-state index in [1.54, 1.807) is 6.07 Å². The van der Waals surface area contributed by atoms with Crippen molar-refractivity contribution in [3.63, 3.8) is 0 Å². The number of nitrogens with one attached hydrogen (secondary N) is 1. The van der Waals surface area contributed by atoms with E-state index in [4.69, 9.17) is 0 Å². The van der Waals surface area contributed by atoms with Gasteiger partial charge >= 0.3 is 0 Å². The predicted molar refractivity (Wildman–Crippen MR) is 78.0 cm³/mol. The van der Waals surface area contributed by atoms with Crippen LogP contribution in [-0.2, 0) is 6.54 Å². The van der Waals surface area contributed by atoms with Gasteiger partial charge in [-0.15, -0.1) is 0 Å². The number of aliphatic hydroxyl groups excluding tert-OH is 1. The molecule has 0 saturated heterocycles. The van der Waals surface area contributed by atoms with Crippen molar-refractivity contribution in [2.75, 3.05) is 25.1 Å². The number of halogens is 1. The lowest BCUT2D eigenvalue weighted by atomic mass is 10.0. The van der Waals surface area contributed by atoms with E-state index in [2.05, 4.69) is 12.2 Å². The van der Waals surface area contributed by atoms with Crippen LogP contribution in [0.3, 0.4) is 0 Å². The van der Waals surface area contributed by atoms with E-state index in [9.17, 15) is 9.50 Å². The summed E-state index contributed by atoms with van der Waals surface area (Å²) in [6.45, 7) is 7.39. The smallest absolute Gasteiger partial charge is 0.146 e. The van der Waals surface area contributed by atoms with Crippen LogP contribution in [0.25, 0.3) is 0 Å². The normalized spacial score (nSPS) is 11.7. The lowest BCUT2D eigenvalue weighted by Crippen LogP contribution is -2.45. The molecule has 0 fully saturated rings. The fourth-order valence-corrected chi connectivity index (χ4v) is 1.89. The Balaban J connectivity index is 3.03. The van der Waals surface area contributed by atoms with Crippen LogP contribution in [0.2, 0.25) is 0 Å². The summed E-state index contributed by atoms with van der Waals surface area (Å²) in [7, 11) is 1.82. The van der Waals surface area contributed by atoms with Crippen LogP contribution >= 0.6 is 0 Å². The quantitative estimate of drug-likeness (QED) is 0.746. The molecule has 1 aromatic carbocycles. The summed E-state index contributed by atoms with van der Waals surface area (Å²) in [6.07, 6.45) is 1.04. The molecule has 0 aliphatic carbocycles. The summed E-state index contributed by atoms with van der Waals surface area (Å²) in [5.74, 6) is -0.250. The Morgan fingerprint density at radius 1 is 1.37 bits per heavy atom. The third-order valence-electron chi connectivity index (χ3n) is 3.44. The number of anilines is 1. The molecule has 3 nitrogen and oxygen atoms in total. The molecule has 0 bridgehead atoms. The molecule has 1 rings (SSSR count). The second-order valence-corrected chi connectivity index (χ2v) is 5.45. The van der Waals surface area contributed by atoms with Gasteiger partial charge in [-0.2, -0.15) is 0 Å². The van der Waals surface area contributed by atoms with Gasteiger partial charge in [0.15, 0.2) is 0 Å². The van der Waals surface area contributed by atoms with Crippen LogP contribution < -0.4 is 10.2 Å². The molecule has 0 atom stereocenters. The van der Waals surface area contributed by atoms with Crippen molar-refractivity contribution in [3.8, 4) is 0 Å². The number of rotatable bonds is 7. The van der Waals surface area contributed by atoms with Gasteiger partial charge in [-0.1, -0.05) is 19.1 Å². The first-order valence-corrected chi connectivity index (χ1v) is 6.76. The number of aliphatic hydroxyl groups is 1. The van der Waals surface area contributed by atoms with Gasteiger partial charge in [0.25, 0.3) is 0 Å². The van der Waals surface area contributed by atoms with Gasteiger partial charge in [0.1, 0.15) is 5.82 Å². The monoisotopic (exact) mass is 268 g/mol. The standard InChI is InChI=1S/C15H25FN2O/c1-5-9-17-10-12-7-6-8-13(16)14(12)18(4)15(2,3)11-19/h6-8,17,19H,5,9-11H2,1-4H3. The van der Waals surface area contributed by atoms with Crippen LogP contribution in [0.1, 0.15) is 32.8 Å². The zero-order chi connectivity index (χ0) is 14.5. The molecule has 0 aromatic heterocycles. The maximum absolute atomic E-state index is 14.1. The second kappa shape index (κ2) is 6.87. The van der Waals surface area contributed by atoms with Gasteiger partial charge < -0.3 is 15.3 Å². The lowest BCUT2D eigenvalue weighted by molar-refractivity contribution is 0.215. The highest BCUT2D eigenvalue weighted by atomic mass is 19.1. The molecule has 0 amide bonds. The highest BCUT2D eigenvalue weighted by Gasteiger charge is 2.26. The third-order valence-corrected chi connectivity index (χ3v) is 3.44. The molecule has 108 valence electrons. The fraction of sp³-hybridized carbons (Fsp3) is 0.600. The van der Waals surface area contributed by atoms with Crippen LogP contribution in [0, 0.1) is 5.82 Å². The minimum Gasteiger partial charge on any atom is -0.394 e. The molecule has 0 unspecified atom stereocenters. The average molecular weight is 268 g/mol. The lowest BCUT2D eigenvalue weighted by Gasteiger charge is -2.37. The molecule has 0 spiro atoms. The van der Waals surface area contributed by atoms with Gasteiger partial charge in [0, 0.05) is 13.6 Å². The second-order valence-electron chi connectivity index (χ2n) is 5.45. The molecule has 0 aliphatic heterocycles. The van der Waals surface area contributed by atoms with Crippen molar-refractivity contribution in [1.82, 2.24) is 5.32 Å². The molecule has 4 heteroatoms.